The first-order valence-corrected chi connectivity index (χ1v) is 5.83. The van der Waals surface area contributed by atoms with Gasteiger partial charge < -0.3 is 5.73 Å². The van der Waals surface area contributed by atoms with Crippen molar-refractivity contribution >= 4 is 12.0 Å². The topological polar surface area (TPSA) is 43.1 Å². The van der Waals surface area contributed by atoms with Gasteiger partial charge in [0.15, 0.2) is 0 Å². The molecule has 1 saturated carbocycles. The number of primary amides is 1. The van der Waals surface area contributed by atoms with Gasteiger partial charge in [0, 0.05) is 0 Å². The Balaban J connectivity index is 2.16. The van der Waals surface area contributed by atoms with Crippen LogP contribution in [0.15, 0.2) is 24.3 Å². The Morgan fingerprint density at radius 3 is 2.75 bits per heavy atom. The number of amides is 1. The number of carbonyl (C=O) groups is 1. The summed E-state index contributed by atoms with van der Waals surface area (Å²) in [5.41, 5.74) is 8.93. The first-order valence-electron chi connectivity index (χ1n) is 5.83. The van der Waals surface area contributed by atoms with E-state index in [0.29, 0.717) is 0 Å². The number of allylic oxidation sites excluding steroid dienone is 1. The van der Waals surface area contributed by atoms with E-state index in [9.17, 15) is 4.79 Å². The van der Waals surface area contributed by atoms with Crippen LogP contribution in [-0.4, -0.2) is 5.91 Å². The Hall–Kier alpha value is -1.57. The van der Waals surface area contributed by atoms with Gasteiger partial charge in [-0.25, -0.2) is 0 Å². The lowest BCUT2D eigenvalue weighted by Gasteiger charge is -2.40. The third kappa shape index (κ3) is 1.10. The lowest BCUT2D eigenvalue weighted by Crippen LogP contribution is -2.47. The summed E-state index contributed by atoms with van der Waals surface area (Å²) in [5, 5.41) is 0. The van der Waals surface area contributed by atoms with Crippen LogP contribution in [0.1, 0.15) is 36.0 Å². The number of hydrogen-bond donors (Lipinski definition) is 1. The predicted octanol–water partition coefficient (Wildman–Crippen LogP) is 2.16. The summed E-state index contributed by atoms with van der Waals surface area (Å²) in [5.74, 6) is -0.160. The molecule has 1 aromatic rings. The van der Waals surface area contributed by atoms with Crippen molar-refractivity contribution in [2.45, 2.75) is 31.1 Å². The Kier molecular flexibility index (Phi) is 1.93. The average molecular weight is 213 g/mol. The smallest absolute Gasteiger partial charge is 0.228 e. The van der Waals surface area contributed by atoms with Gasteiger partial charge in [0.1, 0.15) is 0 Å². The van der Waals surface area contributed by atoms with Crippen molar-refractivity contribution < 1.29 is 4.79 Å². The van der Waals surface area contributed by atoms with E-state index < -0.39 is 0 Å². The minimum absolute atomic E-state index is 0.160. The van der Waals surface area contributed by atoms with Crippen molar-refractivity contribution in [1.82, 2.24) is 0 Å². The maximum atomic E-state index is 11.7. The molecule has 2 aliphatic rings. The van der Waals surface area contributed by atoms with E-state index in [4.69, 9.17) is 5.73 Å². The van der Waals surface area contributed by atoms with E-state index in [1.54, 1.807) is 0 Å². The molecular formula is C14H15NO. The van der Waals surface area contributed by atoms with Gasteiger partial charge in [0.25, 0.3) is 0 Å². The first-order chi connectivity index (χ1) is 7.74. The molecule has 0 saturated heterocycles. The minimum atomic E-state index is -0.375. The first kappa shape index (κ1) is 9.64. The normalized spacial score (nSPS) is 20.2. The molecule has 1 fully saturated rings. The minimum Gasteiger partial charge on any atom is -0.369 e. The molecule has 0 bridgehead atoms. The maximum absolute atomic E-state index is 11.7. The second-order valence-corrected chi connectivity index (χ2v) is 4.78. The van der Waals surface area contributed by atoms with Crippen LogP contribution in [0.2, 0.25) is 0 Å². The third-order valence-electron chi connectivity index (χ3n) is 4.01. The highest BCUT2D eigenvalue weighted by Crippen LogP contribution is 2.46. The molecule has 0 atom stereocenters. The van der Waals surface area contributed by atoms with E-state index in [-0.39, 0.29) is 11.3 Å². The Bertz CT molecular complexity index is 484. The van der Waals surface area contributed by atoms with E-state index in [2.05, 4.69) is 24.3 Å². The lowest BCUT2D eigenvalue weighted by molar-refractivity contribution is -0.126. The molecule has 1 aromatic carbocycles. The van der Waals surface area contributed by atoms with Gasteiger partial charge in [0.2, 0.25) is 5.91 Å². The molecule has 0 aliphatic heterocycles. The molecule has 2 N–H and O–H groups in total. The molecule has 0 aromatic heterocycles. The molecule has 2 heteroatoms. The molecule has 16 heavy (non-hydrogen) atoms. The van der Waals surface area contributed by atoms with Gasteiger partial charge in [-0.15, -0.1) is 0 Å². The van der Waals surface area contributed by atoms with Crippen molar-refractivity contribution in [3.8, 4) is 0 Å². The highest BCUT2D eigenvalue weighted by molar-refractivity contribution is 5.89. The van der Waals surface area contributed by atoms with Gasteiger partial charge in [-0.05, 0) is 36.0 Å². The van der Waals surface area contributed by atoms with Gasteiger partial charge in [-0.2, -0.15) is 0 Å². The van der Waals surface area contributed by atoms with E-state index in [1.165, 1.54) is 11.1 Å². The fourth-order valence-electron chi connectivity index (χ4n) is 2.89. The van der Waals surface area contributed by atoms with Crippen LogP contribution in [0.3, 0.4) is 0 Å². The number of benzene rings is 1. The molecule has 0 spiro atoms. The quantitative estimate of drug-likeness (QED) is 0.803. The van der Waals surface area contributed by atoms with Gasteiger partial charge >= 0.3 is 0 Å². The molecule has 0 unspecified atom stereocenters. The molecule has 2 aliphatic carbocycles. The largest absolute Gasteiger partial charge is 0.369 e. The fourth-order valence-corrected chi connectivity index (χ4v) is 2.89. The molecule has 1 amide bonds. The van der Waals surface area contributed by atoms with Crippen LogP contribution in [0.4, 0.5) is 0 Å². The summed E-state index contributed by atoms with van der Waals surface area (Å²) < 4.78 is 0. The SMILES string of the molecule is NC(=O)C1(c2cccc3c2C=CC3)CCC1. The maximum Gasteiger partial charge on any atom is 0.228 e. The zero-order valence-corrected chi connectivity index (χ0v) is 9.20. The number of fused-ring (bicyclic) bond motifs is 1. The van der Waals surface area contributed by atoms with Crippen LogP contribution in [-0.2, 0) is 16.6 Å². The van der Waals surface area contributed by atoms with E-state index in [0.717, 1.165) is 31.2 Å². The zero-order valence-electron chi connectivity index (χ0n) is 9.20. The Morgan fingerprint density at radius 2 is 2.12 bits per heavy atom. The van der Waals surface area contributed by atoms with Crippen LogP contribution in [0, 0.1) is 0 Å². The predicted molar refractivity (Wildman–Crippen MR) is 63.9 cm³/mol. The second-order valence-electron chi connectivity index (χ2n) is 4.78. The molecular weight excluding hydrogens is 198 g/mol. The highest BCUT2D eigenvalue weighted by Gasteiger charge is 2.45. The van der Waals surface area contributed by atoms with Gasteiger partial charge in [-0.3, -0.25) is 4.79 Å². The Morgan fingerprint density at radius 1 is 1.31 bits per heavy atom. The fraction of sp³-hybridized carbons (Fsp3) is 0.357. The molecule has 0 radical (unpaired) electrons. The van der Waals surface area contributed by atoms with Crippen molar-refractivity contribution in [1.29, 1.82) is 0 Å². The van der Waals surface area contributed by atoms with Crippen molar-refractivity contribution in [2.75, 3.05) is 0 Å². The van der Waals surface area contributed by atoms with Crippen molar-refractivity contribution in [3.63, 3.8) is 0 Å². The second kappa shape index (κ2) is 3.21. The molecule has 3 rings (SSSR count). The number of nitrogens with two attached hydrogens (primary N) is 1. The molecule has 0 heterocycles. The lowest BCUT2D eigenvalue weighted by atomic mass is 9.62. The van der Waals surface area contributed by atoms with Crippen LogP contribution in [0.5, 0.6) is 0 Å². The van der Waals surface area contributed by atoms with Crippen molar-refractivity contribution in [3.05, 3.63) is 41.0 Å². The third-order valence-corrected chi connectivity index (χ3v) is 4.01. The monoisotopic (exact) mass is 213 g/mol. The number of carbonyl (C=O) groups excluding carboxylic acids is 1. The molecule has 82 valence electrons. The summed E-state index contributed by atoms with van der Waals surface area (Å²) >= 11 is 0. The standard InChI is InChI=1S/C14H15NO/c15-13(16)14(8-3-9-14)12-7-2-5-10-4-1-6-11(10)12/h1-2,5-7H,3-4,8-9H2,(H2,15,16). The molecule has 2 nitrogen and oxygen atoms in total. The number of hydrogen-bond acceptors (Lipinski definition) is 1. The summed E-state index contributed by atoms with van der Waals surface area (Å²) in [7, 11) is 0. The van der Waals surface area contributed by atoms with E-state index in [1.807, 2.05) is 6.07 Å². The number of rotatable bonds is 2. The van der Waals surface area contributed by atoms with Crippen LogP contribution < -0.4 is 5.73 Å². The summed E-state index contributed by atoms with van der Waals surface area (Å²) in [6, 6.07) is 6.24. The summed E-state index contributed by atoms with van der Waals surface area (Å²) in [4.78, 5) is 11.7. The van der Waals surface area contributed by atoms with E-state index >= 15 is 0 Å². The van der Waals surface area contributed by atoms with Crippen molar-refractivity contribution in [2.24, 2.45) is 5.73 Å². The van der Waals surface area contributed by atoms with Crippen LogP contribution >= 0.6 is 0 Å². The summed E-state index contributed by atoms with van der Waals surface area (Å²) in [6.45, 7) is 0. The Labute approximate surface area is 95.2 Å². The van der Waals surface area contributed by atoms with Crippen LogP contribution in [0.25, 0.3) is 6.08 Å². The highest BCUT2D eigenvalue weighted by atomic mass is 16.1. The zero-order chi connectivity index (χ0) is 11.2. The van der Waals surface area contributed by atoms with Gasteiger partial charge in [0.05, 0.1) is 5.41 Å². The average Bonchev–Trinajstić information content (AvgIpc) is 2.63. The summed E-state index contributed by atoms with van der Waals surface area (Å²) in [6.07, 6.45) is 8.20. The van der Waals surface area contributed by atoms with Gasteiger partial charge in [-0.1, -0.05) is 36.8 Å².